The molecule has 0 aliphatic rings. The number of fused-ring (bicyclic) bond motifs is 1. The molecule has 0 unspecified atom stereocenters. The normalized spacial score (nSPS) is 12.2. The van der Waals surface area contributed by atoms with E-state index in [1.807, 2.05) is 61.5 Å². The fraction of sp³-hybridized carbons (Fsp3) is 0.0476. The Morgan fingerprint density at radius 2 is 1.61 bits per heavy atom. The summed E-state index contributed by atoms with van der Waals surface area (Å²) in [6.45, 7) is 1.88. The molecule has 0 N–H and O–H groups in total. The number of oxime groups is 1. The molecule has 0 aliphatic carbocycles. The molecule has 0 saturated heterocycles. The maximum atomic E-state index is 12.5. The first kappa shape index (κ1) is 18.3. The molecule has 0 atom stereocenters. The standard InChI is InChI=1S/C21H16N2O3S2/c1-15-11-13-17(14-12-15)28(24,25)26-23-20(16-7-3-2-4-8-16)21-22-18-9-5-6-10-19(18)27-21/h2-14H,1H3. The highest BCUT2D eigenvalue weighted by molar-refractivity contribution is 7.86. The molecule has 1 aromatic heterocycles. The van der Waals surface area contributed by atoms with Crippen LogP contribution in [0.2, 0.25) is 0 Å². The Balaban J connectivity index is 1.76. The molecule has 5 nitrogen and oxygen atoms in total. The van der Waals surface area contributed by atoms with Gasteiger partial charge in [-0.05, 0) is 31.2 Å². The number of hydrogen-bond acceptors (Lipinski definition) is 6. The quantitative estimate of drug-likeness (QED) is 0.353. The number of benzene rings is 3. The Morgan fingerprint density at radius 3 is 2.32 bits per heavy atom. The van der Waals surface area contributed by atoms with Crippen molar-refractivity contribution in [2.75, 3.05) is 0 Å². The van der Waals surface area contributed by atoms with Gasteiger partial charge < -0.3 is 0 Å². The Morgan fingerprint density at radius 1 is 0.929 bits per heavy atom. The van der Waals surface area contributed by atoms with E-state index in [0.29, 0.717) is 10.7 Å². The molecule has 0 amide bonds. The molecule has 0 radical (unpaired) electrons. The highest BCUT2D eigenvalue weighted by Gasteiger charge is 2.19. The monoisotopic (exact) mass is 408 g/mol. The molecule has 140 valence electrons. The third kappa shape index (κ3) is 3.81. The van der Waals surface area contributed by atoms with Crippen molar-refractivity contribution in [3.05, 3.63) is 95.0 Å². The molecular formula is C21H16N2O3S2. The van der Waals surface area contributed by atoms with E-state index in [9.17, 15) is 8.42 Å². The van der Waals surface area contributed by atoms with Gasteiger partial charge in [0.2, 0.25) is 0 Å². The molecule has 4 aromatic rings. The smallest absolute Gasteiger partial charge is 0.264 e. The second-order valence-electron chi connectivity index (χ2n) is 6.13. The summed E-state index contributed by atoms with van der Waals surface area (Å²) in [6.07, 6.45) is 0. The van der Waals surface area contributed by atoms with Crippen molar-refractivity contribution >= 4 is 37.4 Å². The summed E-state index contributed by atoms with van der Waals surface area (Å²) in [5, 5.41) is 4.60. The zero-order valence-electron chi connectivity index (χ0n) is 14.9. The lowest BCUT2D eigenvalue weighted by Crippen LogP contribution is -2.08. The number of rotatable bonds is 5. The van der Waals surface area contributed by atoms with E-state index in [1.165, 1.54) is 23.5 Å². The van der Waals surface area contributed by atoms with E-state index >= 15 is 0 Å². The molecule has 3 aromatic carbocycles. The fourth-order valence-electron chi connectivity index (χ4n) is 2.62. The first-order chi connectivity index (χ1) is 13.5. The number of hydrogen-bond donors (Lipinski definition) is 0. The average Bonchev–Trinajstić information content (AvgIpc) is 3.13. The van der Waals surface area contributed by atoms with Crippen LogP contribution in [-0.2, 0) is 14.4 Å². The highest BCUT2D eigenvalue weighted by Crippen LogP contribution is 2.25. The molecule has 0 fully saturated rings. The van der Waals surface area contributed by atoms with Crippen LogP contribution in [0.25, 0.3) is 10.2 Å². The lowest BCUT2D eigenvalue weighted by Gasteiger charge is -2.05. The number of aryl methyl sites for hydroxylation is 1. The molecular weight excluding hydrogens is 392 g/mol. The van der Waals surface area contributed by atoms with Gasteiger partial charge in [-0.2, -0.15) is 8.42 Å². The second-order valence-corrected chi connectivity index (χ2v) is 8.69. The van der Waals surface area contributed by atoms with Gasteiger partial charge in [0.15, 0.2) is 0 Å². The number of para-hydroxylation sites is 1. The van der Waals surface area contributed by atoms with Crippen LogP contribution in [0.5, 0.6) is 0 Å². The van der Waals surface area contributed by atoms with E-state index in [1.54, 1.807) is 12.1 Å². The molecule has 1 heterocycles. The predicted molar refractivity (Wildman–Crippen MR) is 111 cm³/mol. The summed E-state index contributed by atoms with van der Waals surface area (Å²) >= 11 is 1.43. The summed E-state index contributed by atoms with van der Waals surface area (Å²) in [4.78, 5) is 4.64. The third-order valence-electron chi connectivity index (χ3n) is 4.08. The van der Waals surface area contributed by atoms with Gasteiger partial charge in [-0.3, -0.25) is 4.28 Å². The van der Waals surface area contributed by atoms with Gasteiger partial charge in [-0.1, -0.05) is 65.3 Å². The Bertz CT molecular complexity index is 1210. The van der Waals surface area contributed by atoms with Crippen LogP contribution < -0.4 is 0 Å². The van der Waals surface area contributed by atoms with Crippen molar-refractivity contribution in [3.63, 3.8) is 0 Å². The second kappa shape index (κ2) is 7.53. The predicted octanol–water partition coefficient (Wildman–Crippen LogP) is 4.76. The molecule has 0 saturated carbocycles. The van der Waals surface area contributed by atoms with Crippen molar-refractivity contribution in [2.45, 2.75) is 11.8 Å². The van der Waals surface area contributed by atoms with Gasteiger partial charge in [-0.15, -0.1) is 11.3 Å². The van der Waals surface area contributed by atoms with Crippen LogP contribution in [0.1, 0.15) is 16.1 Å². The number of nitrogens with zero attached hydrogens (tertiary/aromatic N) is 2. The molecule has 7 heteroatoms. The van der Waals surface area contributed by atoms with Crippen molar-refractivity contribution < 1.29 is 12.7 Å². The van der Waals surface area contributed by atoms with Crippen molar-refractivity contribution in [1.29, 1.82) is 0 Å². The van der Waals surface area contributed by atoms with Crippen LogP contribution in [0.15, 0.2) is 88.9 Å². The minimum absolute atomic E-state index is 0.0542. The molecule has 28 heavy (non-hydrogen) atoms. The largest absolute Gasteiger partial charge is 0.358 e. The van der Waals surface area contributed by atoms with Gasteiger partial charge in [0.25, 0.3) is 0 Å². The lowest BCUT2D eigenvalue weighted by atomic mass is 10.1. The molecule has 4 rings (SSSR count). The summed E-state index contributed by atoms with van der Waals surface area (Å²) in [5.74, 6) is 0. The van der Waals surface area contributed by atoms with E-state index in [0.717, 1.165) is 21.3 Å². The topological polar surface area (TPSA) is 68.6 Å². The Labute approximate surface area is 167 Å². The SMILES string of the molecule is Cc1ccc(S(=O)(=O)ON=C(c2ccccc2)c2nc3ccccc3s2)cc1. The van der Waals surface area contributed by atoms with Gasteiger partial charge in [0, 0.05) is 5.56 Å². The van der Waals surface area contributed by atoms with Gasteiger partial charge in [0.1, 0.15) is 15.6 Å². The van der Waals surface area contributed by atoms with Crippen LogP contribution in [0.4, 0.5) is 0 Å². The maximum Gasteiger partial charge on any atom is 0.358 e. The summed E-state index contributed by atoms with van der Waals surface area (Å²) in [5.41, 5.74) is 2.88. The van der Waals surface area contributed by atoms with Crippen LogP contribution in [-0.4, -0.2) is 19.1 Å². The van der Waals surface area contributed by atoms with Crippen LogP contribution in [0, 0.1) is 6.92 Å². The summed E-state index contributed by atoms with van der Waals surface area (Å²) in [6, 6.07) is 23.4. The lowest BCUT2D eigenvalue weighted by molar-refractivity contribution is 0.339. The fourth-order valence-corrected chi connectivity index (χ4v) is 4.32. The Hall–Kier alpha value is -3.03. The average molecular weight is 409 g/mol. The van der Waals surface area contributed by atoms with Gasteiger partial charge >= 0.3 is 10.1 Å². The minimum atomic E-state index is -4.03. The highest BCUT2D eigenvalue weighted by atomic mass is 32.2. The van der Waals surface area contributed by atoms with Gasteiger partial charge in [0.05, 0.1) is 10.2 Å². The molecule has 0 spiro atoms. The van der Waals surface area contributed by atoms with E-state index in [-0.39, 0.29) is 4.90 Å². The van der Waals surface area contributed by atoms with E-state index in [4.69, 9.17) is 4.28 Å². The van der Waals surface area contributed by atoms with Crippen LogP contribution in [0.3, 0.4) is 0 Å². The van der Waals surface area contributed by atoms with Crippen molar-refractivity contribution in [2.24, 2.45) is 5.16 Å². The maximum absolute atomic E-state index is 12.5. The number of thiazole rings is 1. The Kier molecular flexibility index (Phi) is 4.93. The first-order valence-corrected chi connectivity index (χ1v) is 10.7. The van der Waals surface area contributed by atoms with E-state index in [2.05, 4.69) is 10.1 Å². The molecule has 0 aliphatic heterocycles. The van der Waals surface area contributed by atoms with E-state index < -0.39 is 10.1 Å². The molecule has 0 bridgehead atoms. The first-order valence-electron chi connectivity index (χ1n) is 8.53. The van der Waals surface area contributed by atoms with Crippen molar-refractivity contribution in [3.8, 4) is 0 Å². The van der Waals surface area contributed by atoms with Gasteiger partial charge in [-0.25, -0.2) is 4.98 Å². The summed E-state index contributed by atoms with van der Waals surface area (Å²) in [7, 11) is -4.03. The van der Waals surface area contributed by atoms with Crippen molar-refractivity contribution in [1.82, 2.24) is 4.98 Å². The zero-order valence-corrected chi connectivity index (χ0v) is 16.6. The summed E-state index contributed by atoms with van der Waals surface area (Å²) < 4.78 is 31.1. The third-order valence-corrected chi connectivity index (χ3v) is 6.24. The zero-order chi connectivity index (χ0) is 19.6. The number of aromatic nitrogens is 1. The minimum Gasteiger partial charge on any atom is -0.264 e. The van der Waals surface area contributed by atoms with Crippen LogP contribution >= 0.6 is 11.3 Å².